The van der Waals surface area contributed by atoms with E-state index in [0.717, 1.165) is 0 Å². The van der Waals surface area contributed by atoms with Crippen LogP contribution in [0.25, 0.3) is 0 Å². The summed E-state index contributed by atoms with van der Waals surface area (Å²) in [5, 5.41) is 137. The molecular formula is C64H40F24O12. The van der Waals surface area contributed by atoms with Crippen molar-refractivity contribution in [3.05, 3.63) is 235 Å². The Kier molecular flexibility index (Phi) is 17.9. The minimum Gasteiger partial charge on any atom is -0.507 e. The lowest BCUT2D eigenvalue weighted by Crippen LogP contribution is -2.53. The Labute approximate surface area is 541 Å². The SMILES string of the molecule is Oc1cc(O)c2cc1C(c1ccc(C(O)(C(F)(F)F)C(F)(F)F)cc1)c1cc(c(O)cc1O)C(c1ccc(C(O)(C(F)(F)F)C(F)(F)F)cc1)c1cc(c(O)cc1O)C(c1ccc(C(O)(C(F)(F)F)C(F)(F)F)cc1)c1cc(c(O)cc1O)C2c1ccc(C(O)(C(F)(F)F)C(F)(F)F)cc1. The predicted molar refractivity (Wildman–Crippen MR) is 293 cm³/mol. The first kappa shape index (κ1) is 74.5. The number of aliphatic hydroxyl groups is 4. The fraction of sp³-hybridized carbons (Fsp3) is 0.250. The van der Waals surface area contributed by atoms with Gasteiger partial charge in [-0.15, -0.1) is 0 Å². The largest absolute Gasteiger partial charge is 0.507 e. The Morgan fingerprint density at radius 3 is 0.390 bits per heavy atom. The summed E-state index contributed by atoms with van der Waals surface area (Å²) in [4.78, 5) is 0. The molecule has 12 N–H and O–H groups in total. The third-order valence-corrected chi connectivity index (χ3v) is 17.1. The third kappa shape index (κ3) is 11.9. The molecule has 0 aliphatic heterocycles. The maximum Gasteiger partial charge on any atom is 0.430 e. The van der Waals surface area contributed by atoms with Crippen molar-refractivity contribution >= 4 is 0 Å². The zero-order chi connectivity index (χ0) is 75.1. The minimum absolute atomic E-state index is 0.0320. The van der Waals surface area contributed by atoms with Crippen molar-refractivity contribution in [3.8, 4) is 46.0 Å². The van der Waals surface area contributed by atoms with Crippen LogP contribution in [0.5, 0.6) is 46.0 Å². The van der Waals surface area contributed by atoms with Gasteiger partial charge >= 0.3 is 49.4 Å². The maximum absolute atomic E-state index is 14.3. The van der Waals surface area contributed by atoms with Crippen molar-refractivity contribution in [3.63, 3.8) is 0 Å². The van der Waals surface area contributed by atoms with Gasteiger partial charge in [0.2, 0.25) is 0 Å². The number of alkyl halides is 24. The molecule has 12 nitrogen and oxygen atoms in total. The van der Waals surface area contributed by atoms with E-state index in [1.54, 1.807) is 0 Å². The van der Waals surface area contributed by atoms with Gasteiger partial charge in [0.1, 0.15) is 46.0 Å². The molecule has 0 spiro atoms. The molecule has 8 aromatic rings. The van der Waals surface area contributed by atoms with Crippen molar-refractivity contribution in [1.82, 2.24) is 0 Å². The molecule has 8 bridgehead atoms. The molecule has 100 heavy (non-hydrogen) atoms. The number of fused-ring (bicyclic) bond motifs is 8. The van der Waals surface area contributed by atoms with Gasteiger partial charge in [0.05, 0.1) is 0 Å². The number of phenols is 8. The van der Waals surface area contributed by atoms with E-state index in [9.17, 15) is 167 Å². The average Bonchev–Trinajstić information content (AvgIpc) is 0.749. The van der Waals surface area contributed by atoms with E-state index in [4.69, 9.17) is 0 Å². The monoisotopic (exact) mass is 1460 g/mol. The second kappa shape index (κ2) is 24.0. The third-order valence-electron chi connectivity index (χ3n) is 17.1. The number of halogens is 24. The van der Waals surface area contributed by atoms with Gasteiger partial charge in [-0.25, -0.2) is 0 Å². The van der Waals surface area contributed by atoms with Gasteiger partial charge in [-0.3, -0.25) is 0 Å². The Hall–Kier alpha value is -9.68. The first-order chi connectivity index (χ1) is 45.5. The molecule has 0 amide bonds. The molecule has 0 aromatic heterocycles. The Morgan fingerprint density at radius 1 is 0.180 bits per heavy atom. The van der Waals surface area contributed by atoms with E-state index in [1.165, 1.54) is 0 Å². The summed E-state index contributed by atoms with van der Waals surface area (Å²) in [5.74, 6) is -20.2. The molecule has 0 saturated carbocycles. The molecule has 0 atom stereocenters. The van der Waals surface area contributed by atoms with Gasteiger partial charge in [0.15, 0.2) is 0 Å². The van der Waals surface area contributed by atoms with E-state index >= 15 is 0 Å². The zero-order valence-electron chi connectivity index (χ0n) is 48.6. The van der Waals surface area contributed by atoms with Crippen LogP contribution < -0.4 is 0 Å². The lowest BCUT2D eigenvalue weighted by Gasteiger charge is -2.33. The van der Waals surface area contributed by atoms with Crippen LogP contribution in [-0.2, 0) is 22.4 Å². The van der Waals surface area contributed by atoms with Crippen molar-refractivity contribution in [1.29, 1.82) is 0 Å². The normalized spacial score (nSPS) is 17.3. The van der Waals surface area contributed by atoms with Crippen molar-refractivity contribution in [2.75, 3.05) is 0 Å². The molecule has 0 unspecified atom stereocenters. The molecule has 0 saturated heterocycles. The van der Waals surface area contributed by atoms with Gasteiger partial charge in [-0.1, -0.05) is 97.1 Å². The van der Waals surface area contributed by atoms with Crippen LogP contribution in [0.4, 0.5) is 105 Å². The van der Waals surface area contributed by atoms with Crippen molar-refractivity contribution in [2.45, 2.75) is 95.5 Å². The summed E-state index contributed by atoms with van der Waals surface area (Å²) in [6.07, 6.45) is -52.9. The first-order valence-corrected chi connectivity index (χ1v) is 27.6. The van der Waals surface area contributed by atoms with E-state index in [1.807, 2.05) is 0 Å². The van der Waals surface area contributed by atoms with Gasteiger partial charge < -0.3 is 61.3 Å². The minimum atomic E-state index is -6.61. The molecule has 1 aliphatic rings. The maximum atomic E-state index is 14.3. The lowest BCUT2D eigenvalue weighted by molar-refractivity contribution is -0.376. The van der Waals surface area contributed by atoms with E-state index in [-0.39, 0.29) is 48.5 Å². The number of phenolic OH excluding ortho intramolecular Hbond substituents is 8. The molecule has 0 fully saturated rings. The first-order valence-electron chi connectivity index (χ1n) is 27.6. The quantitative estimate of drug-likeness (QED) is 0.0636. The summed E-state index contributed by atoms with van der Waals surface area (Å²) in [6, 6.07) is 5.79. The summed E-state index contributed by atoms with van der Waals surface area (Å²) in [5.41, 5.74) is -41.9. The van der Waals surface area contributed by atoms with Gasteiger partial charge in [0.25, 0.3) is 22.4 Å². The fourth-order valence-electron chi connectivity index (χ4n) is 12.0. The van der Waals surface area contributed by atoms with Crippen LogP contribution in [0.15, 0.2) is 146 Å². The zero-order valence-corrected chi connectivity index (χ0v) is 48.6. The fourth-order valence-corrected chi connectivity index (χ4v) is 12.0. The highest BCUT2D eigenvalue weighted by atomic mass is 19.4. The van der Waals surface area contributed by atoms with E-state index in [2.05, 4.69) is 0 Å². The Bertz CT molecular complexity index is 3700. The van der Waals surface area contributed by atoms with Crippen LogP contribution in [0.3, 0.4) is 0 Å². The summed E-state index contributed by atoms with van der Waals surface area (Å²) in [7, 11) is 0. The topological polar surface area (TPSA) is 243 Å². The summed E-state index contributed by atoms with van der Waals surface area (Å²) in [6.45, 7) is 0. The van der Waals surface area contributed by atoms with Crippen LogP contribution in [0.2, 0.25) is 0 Å². The van der Waals surface area contributed by atoms with Crippen LogP contribution in [0, 0.1) is 0 Å². The number of hydrogen-bond donors (Lipinski definition) is 12. The second-order valence-electron chi connectivity index (χ2n) is 22.9. The van der Waals surface area contributed by atoms with Gasteiger partial charge in [0, 0.05) is 115 Å². The van der Waals surface area contributed by atoms with Gasteiger partial charge in [-0.2, -0.15) is 105 Å². The number of aromatic hydroxyl groups is 8. The highest BCUT2D eigenvalue weighted by molar-refractivity contribution is 5.68. The summed E-state index contributed by atoms with van der Waals surface area (Å²) >= 11 is 0. The molecule has 0 radical (unpaired) electrons. The molecule has 9 rings (SSSR count). The molecule has 0 heterocycles. The summed E-state index contributed by atoms with van der Waals surface area (Å²) < 4.78 is 344. The van der Waals surface area contributed by atoms with Gasteiger partial charge in [-0.05, 0) is 46.5 Å². The Balaban J connectivity index is 1.49. The molecule has 36 heteroatoms. The number of hydrogen-bond acceptors (Lipinski definition) is 12. The Morgan fingerprint density at radius 2 is 0.290 bits per heavy atom. The highest BCUT2D eigenvalue weighted by Gasteiger charge is 2.74. The molecule has 1 aliphatic carbocycles. The number of benzene rings is 8. The smallest absolute Gasteiger partial charge is 0.430 e. The molecule has 8 aromatic carbocycles. The molecular weight excluding hydrogens is 1420 g/mol. The highest BCUT2D eigenvalue weighted by Crippen LogP contribution is 2.59. The van der Waals surface area contributed by atoms with Crippen LogP contribution in [-0.4, -0.2) is 111 Å². The van der Waals surface area contributed by atoms with Crippen LogP contribution in [0.1, 0.15) is 113 Å². The van der Waals surface area contributed by atoms with Crippen molar-refractivity contribution in [2.24, 2.45) is 0 Å². The standard InChI is InChI=1S/C64H40F24O12/c65-57(66,67)53(97,58(68,69)70)29-9-1-25(2-10-29)49-33-17-35(43(91)21-41(33)89)50(26-3-11-30(12-4-26)54(98,59(71,72)73)60(74,75)76)37-19-39(47(95)23-45(37)93)52(28-7-15-32(16-8-28)56(100,63(83,84)85)64(86,87)88)40-20-38(46(94)24-48(40)96)51(36-18-34(49)42(90)22-44(36)92)27-5-13-31(14-6-27)55(99,61(77,78)79)62(80,81)82/h1-24,49-52,89-100H. The van der Waals surface area contributed by atoms with E-state index in [0.29, 0.717) is 97.1 Å². The van der Waals surface area contributed by atoms with Crippen LogP contribution >= 0.6 is 0 Å². The van der Waals surface area contributed by atoms with E-state index < -0.39 is 230 Å². The predicted octanol–water partition coefficient (Wildman–Crippen LogP) is 15.6. The van der Waals surface area contributed by atoms with Crippen molar-refractivity contribution < 1.29 is 167 Å². The number of rotatable bonds is 8. The second-order valence-corrected chi connectivity index (χ2v) is 22.9. The lowest BCUT2D eigenvalue weighted by atomic mass is 9.74. The molecule has 536 valence electrons. The average molecular weight is 1460 g/mol.